The summed E-state index contributed by atoms with van der Waals surface area (Å²) in [6, 6.07) is 13.7. The molecule has 0 aliphatic carbocycles. The molecule has 0 spiro atoms. The highest BCUT2D eigenvalue weighted by molar-refractivity contribution is 9.10. The molecule has 3 rings (SSSR count). The van der Waals surface area contributed by atoms with Crippen molar-refractivity contribution < 1.29 is 19.1 Å². The zero-order valence-corrected chi connectivity index (χ0v) is 19.4. The van der Waals surface area contributed by atoms with Crippen LogP contribution in [0.1, 0.15) is 28.5 Å². The number of carbonyl (C=O) groups excluding carboxylic acids is 2. The first kappa shape index (κ1) is 23.2. The number of amides is 1. The Hall–Kier alpha value is -3.46. The van der Waals surface area contributed by atoms with E-state index >= 15 is 0 Å². The quantitative estimate of drug-likeness (QED) is 0.496. The maximum Gasteiger partial charge on any atom is 0.362 e. The summed E-state index contributed by atoms with van der Waals surface area (Å²) in [5.41, 5.74) is 2.36. The third kappa shape index (κ3) is 5.82. The van der Waals surface area contributed by atoms with Crippen LogP contribution >= 0.6 is 15.9 Å². The van der Waals surface area contributed by atoms with Crippen LogP contribution in [0.25, 0.3) is 5.69 Å². The van der Waals surface area contributed by atoms with Crippen LogP contribution in [0.2, 0.25) is 0 Å². The van der Waals surface area contributed by atoms with Crippen LogP contribution in [0.15, 0.2) is 57.8 Å². The molecule has 0 aliphatic rings. The van der Waals surface area contributed by atoms with Crippen LogP contribution in [0, 0.1) is 13.8 Å². The fraction of sp³-hybridized carbons (Fsp3) is 0.217. The van der Waals surface area contributed by atoms with Crippen LogP contribution in [0.5, 0.6) is 5.75 Å². The van der Waals surface area contributed by atoms with Crippen molar-refractivity contribution in [3.05, 3.63) is 80.2 Å². The predicted octanol–water partition coefficient (Wildman–Crippen LogP) is 3.81. The Kier molecular flexibility index (Phi) is 7.42. The molecule has 0 radical (unpaired) electrons. The standard InChI is InChI=1S/C23H22BrN3O5/c1-4-31-23(30)22-19(12-21(29)27(26-22)18-7-5-6-16(24)11-18)32-13-20(28)25-17-9-14(2)8-15(3)10-17/h5-12H,4,13H2,1-3H3,(H,25,28). The molecule has 0 fully saturated rings. The number of nitrogens with zero attached hydrogens (tertiary/aromatic N) is 2. The van der Waals surface area contributed by atoms with E-state index in [0.717, 1.165) is 26.3 Å². The highest BCUT2D eigenvalue weighted by Crippen LogP contribution is 2.19. The van der Waals surface area contributed by atoms with E-state index in [1.807, 2.05) is 32.0 Å². The van der Waals surface area contributed by atoms with Crippen LogP contribution < -0.4 is 15.6 Å². The predicted molar refractivity (Wildman–Crippen MR) is 124 cm³/mol. The molecule has 0 atom stereocenters. The van der Waals surface area contributed by atoms with Crippen molar-refractivity contribution in [1.29, 1.82) is 0 Å². The van der Waals surface area contributed by atoms with Crippen molar-refractivity contribution in [2.75, 3.05) is 18.5 Å². The molecular formula is C23H22BrN3O5. The molecule has 0 saturated carbocycles. The van der Waals surface area contributed by atoms with Crippen molar-refractivity contribution in [2.45, 2.75) is 20.8 Å². The summed E-state index contributed by atoms with van der Waals surface area (Å²) in [4.78, 5) is 37.5. The highest BCUT2D eigenvalue weighted by Gasteiger charge is 2.20. The number of carbonyl (C=O) groups is 2. The van der Waals surface area contributed by atoms with Crippen LogP contribution in [0.4, 0.5) is 5.69 Å². The molecule has 8 nitrogen and oxygen atoms in total. The minimum Gasteiger partial charge on any atom is -0.481 e. The Morgan fingerprint density at radius 3 is 2.47 bits per heavy atom. The Morgan fingerprint density at radius 2 is 1.81 bits per heavy atom. The van der Waals surface area contributed by atoms with Gasteiger partial charge in [0.05, 0.1) is 18.4 Å². The normalized spacial score (nSPS) is 10.5. The Morgan fingerprint density at radius 1 is 1.09 bits per heavy atom. The Bertz CT molecular complexity index is 1200. The summed E-state index contributed by atoms with van der Waals surface area (Å²) in [6.07, 6.45) is 0. The molecule has 9 heteroatoms. The van der Waals surface area contributed by atoms with Gasteiger partial charge in [0.1, 0.15) is 0 Å². The van der Waals surface area contributed by atoms with Gasteiger partial charge < -0.3 is 14.8 Å². The molecule has 32 heavy (non-hydrogen) atoms. The zero-order valence-electron chi connectivity index (χ0n) is 17.8. The SMILES string of the molecule is CCOC(=O)c1nn(-c2cccc(Br)c2)c(=O)cc1OCC(=O)Nc1cc(C)cc(C)c1. The molecule has 0 unspecified atom stereocenters. The molecule has 166 valence electrons. The minimum atomic E-state index is -0.763. The van der Waals surface area contributed by atoms with Crippen LogP contribution in [-0.4, -0.2) is 34.9 Å². The molecule has 0 aliphatic heterocycles. The average Bonchev–Trinajstić information content (AvgIpc) is 2.71. The molecule has 1 aromatic heterocycles. The molecule has 0 bridgehead atoms. The second kappa shape index (κ2) is 10.2. The van der Waals surface area contributed by atoms with E-state index in [1.165, 1.54) is 0 Å². The monoisotopic (exact) mass is 499 g/mol. The summed E-state index contributed by atoms with van der Waals surface area (Å²) >= 11 is 3.34. The number of hydrogen-bond donors (Lipinski definition) is 1. The lowest BCUT2D eigenvalue weighted by Crippen LogP contribution is -2.27. The van der Waals surface area contributed by atoms with E-state index in [2.05, 4.69) is 26.3 Å². The number of hydrogen-bond acceptors (Lipinski definition) is 6. The molecular weight excluding hydrogens is 478 g/mol. The van der Waals surface area contributed by atoms with Gasteiger partial charge in [-0.15, -0.1) is 0 Å². The van der Waals surface area contributed by atoms with E-state index in [9.17, 15) is 14.4 Å². The van der Waals surface area contributed by atoms with Crippen molar-refractivity contribution in [3.8, 4) is 11.4 Å². The van der Waals surface area contributed by atoms with Gasteiger partial charge in [-0.05, 0) is 62.2 Å². The minimum absolute atomic E-state index is 0.114. The van der Waals surface area contributed by atoms with E-state index in [0.29, 0.717) is 11.4 Å². The largest absolute Gasteiger partial charge is 0.481 e. The number of nitrogens with one attached hydrogen (secondary N) is 1. The van der Waals surface area contributed by atoms with Gasteiger partial charge in [-0.25, -0.2) is 4.79 Å². The number of halogens is 1. The maximum absolute atomic E-state index is 12.6. The molecule has 1 N–H and O–H groups in total. The highest BCUT2D eigenvalue weighted by atomic mass is 79.9. The smallest absolute Gasteiger partial charge is 0.362 e. The summed E-state index contributed by atoms with van der Waals surface area (Å²) in [7, 11) is 0. The fourth-order valence-corrected chi connectivity index (χ4v) is 3.46. The van der Waals surface area contributed by atoms with Crippen molar-refractivity contribution in [1.82, 2.24) is 9.78 Å². The van der Waals surface area contributed by atoms with Gasteiger partial charge in [-0.2, -0.15) is 9.78 Å². The van der Waals surface area contributed by atoms with Gasteiger partial charge >= 0.3 is 5.97 Å². The fourth-order valence-electron chi connectivity index (χ4n) is 3.07. The lowest BCUT2D eigenvalue weighted by molar-refractivity contribution is -0.118. The van der Waals surface area contributed by atoms with Gasteiger partial charge in [-0.3, -0.25) is 9.59 Å². The van der Waals surface area contributed by atoms with Crippen molar-refractivity contribution in [3.63, 3.8) is 0 Å². The average molecular weight is 500 g/mol. The first-order valence-corrected chi connectivity index (χ1v) is 10.6. The number of aryl methyl sites for hydroxylation is 2. The van der Waals surface area contributed by atoms with Crippen molar-refractivity contribution >= 4 is 33.5 Å². The molecule has 3 aromatic rings. The molecule has 2 aromatic carbocycles. The van der Waals surface area contributed by atoms with Crippen molar-refractivity contribution in [2.24, 2.45) is 0 Å². The lowest BCUT2D eigenvalue weighted by Gasteiger charge is -2.13. The van der Waals surface area contributed by atoms with Gasteiger partial charge in [0.15, 0.2) is 12.4 Å². The summed E-state index contributed by atoms with van der Waals surface area (Å²) in [5, 5.41) is 6.88. The van der Waals surface area contributed by atoms with Gasteiger partial charge in [-0.1, -0.05) is 28.1 Å². The number of esters is 1. The second-order valence-electron chi connectivity index (χ2n) is 7.02. The Balaban J connectivity index is 1.86. The lowest BCUT2D eigenvalue weighted by atomic mass is 10.1. The topological polar surface area (TPSA) is 99.5 Å². The summed E-state index contributed by atoms with van der Waals surface area (Å²) < 4.78 is 12.4. The number of rotatable bonds is 7. The molecule has 1 amide bonds. The van der Waals surface area contributed by atoms with E-state index in [1.54, 1.807) is 31.2 Å². The van der Waals surface area contributed by atoms with Gasteiger partial charge in [0.25, 0.3) is 11.5 Å². The number of anilines is 1. The summed E-state index contributed by atoms with van der Waals surface area (Å²) in [6.45, 7) is 5.21. The second-order valence-corrected chi connectivity index (χ2v) is 7.94. The molecule has 1 heterocycles. The third-order valence-electron chi connectivity index (χ3n) is 4.28. The van der Waals surface area contributed by atoms with E-state index in [-0.39, 0.29) is 18.1 Å². The van der Waals surface area contributed by atoms with Crippen LogP contribution in [0.3, 0.4) is 0 Å². The van der Waals surface area contributed by atoms with Gasteiger partial charge in [0.2, 0.25) is 5.69 Å². The van der Waals surface area contributed by atoms with Gasteiger partial charge in [0, 0.05) is 10.2 Å². The number of aromatic nitrogens is 2. The third-order valence-corrected chi connectivity index (χ3v) is 4.78. The Labute approximate surface area is 193 Å². The first-order chi connectivity index (χ1) is 15.3. The van der Waals surface area contributed by atoms with E-state index in [4.69, 9.17) is 9.47 Å². The molecule has 0 saturated heterocycles. The first-order valence-electron chi connectivity index (χ1n) is 9.85. The number of benzene rings is 2. The van der Waals surface area contributed by atoms with E-state index < -0.39 is 24.0 Å². The van der Waals surface area contributed by atoms with Crippen LogP contribution in [-0.2, 0) is 9.53 Å². The maximum atomic E-state index is 12.6. The zero-order chi connectivity index (χ0) is 23.3. The number of ether oxygens (including phenoxy) is 2. The summed E-state index contributed by atoms with van der Waals surface area (Å²) in [5.74, 6) is -1.34.